The van der Waals surface area contributed by atoms with E-state index in [9.17, 15) is 18.4 Å². The topological polar surface area (TPSA) is 83.6 Å². The van der Waals surface area contributed by atoms with Crippen LogP contribution in [0, 0.1) is 11.6 Å². The lowest BCUT2D eigenvalue weighted by molar-refractivity contribution is -0.126. The number of amides is 2. The van der Waals surface area contributed by atoms with Crippen LogP contribution in [0.15, 0.2) is 24.4 Å². The average Bonchev–Trinajstić information content (AvgIpc) is 3.14. The third kappa shape index (κ3) is 7.34. The molecular weight excluding hydrogens is 426 g/mol. The molecule has 0 saturated carbocycles. The molecule has 0 spiro atoms. The van der Waals surface area contributed by atoms with Crippen LogP contribution >= 0.6 is 11.3 Å². The first kappa shape index (κ1) is 23.2. The average molecular weight is 453 g/mol. The van der Waals surface area contributed by atoms with Gasteiger partial charge in [0, 0.05) is 36.8 Å². The number of benzene rings is 1. The Morgan fingerprint density at radius 1 is 1.23 bits per heavy atom. The van der Waals surface area contributed by atoms with E-state index in [2.05, 4.69) is 20.5 Å². The van der Waals surface area contributed by atoms with E-state index in [0.29, 0.717) is 31.2 Å². The van der Waals surface area contributed by atoms with Gasteiger partial charge in [0.1, 0.15) is 17.7 Å². The van der Waals surface area contributed by atoms with Gasteiger partial charge in [-0.25, -0.2) is 13.8 Å². The SMILES string of the molecule is CCC[C@H](NC(=O)Cc1cc(F)cc(F)c1)C(=O)Nc1ncc(CN2CCOCC2)s1. The lowest BCUT2D eigenvalue weighted by Crippen LogP contribution is -2.44. The molecular formula is C21H26F2N4O3S. The molecule has 1 saturated heterocycles. The highest BCUT2D eigenvalue weighted by atomic mass is 32.1. The van der Waals surface area contributed by atoms with Crippen molar-refractivity contribution in [2.45, 2.75) is 38.8 Å². The third-order valence-electron chi connectivity index (χ3n) is 4.78. The van der Waals surface area contributed by atoms with E-state index in [1.807, 2.05) is 6.92 Å². The number of carbonyl (C=O) groups excluding carboxylic acids is 2. The van der Waals surface area contributed by atoms with E-state index in [1.54, 1.807) is 6.20 Å². The van der Waals surface area contributed by atoms with Crippen molar-refractivity contribution in [3.05, 3.63) is 46.5 Å². The fourth-order valence-corrected chi connectivity index (χ4v) is 4.17. The van der Waals surface area contributed by atoms with Gasteiger partial charge in [0.2, 0.25) is 11.8 Å². The molecule has 2 aromatic rings. The Morgan fingerprint density at radius 3 is 2.61 bits per heavy atom. The molecule has 1 fully saturated rings. The van der Waals surface area contributed by atoms with Gasteiger partial charge in [0.05, 0.1) is 19.6 Å². The van der Waals surface area contributed by atoms with E-state index < -0.39 is 23.6 Å². The lowest BCUT2D eigenvalue weighted by atomic mass is 10.1. The number of aromatic nitrogens is 1. The Bertz CT molecular complexity index is 882. The van der Waals surface area contributed by atoms with Crippen molar-refractivity contribution in [3.8, 4) is 0 Å². The molecule has 0 aliphatic carbocycles. The molecule has 1 aromatic carbocycles. The van der Waals surface area contributed by atoms with Crippen molar-refractivity contribution >= 4 is 28.3 Å². The maximum Gasteiger partial charge on any atom is 0.248 e. The monoisotopic (exact) mass is 452 g/mol. The number of morpholine rings is 1. The molecule has 1 atom stereocenters. The summed E-state index contributed by atoms with van der Waals surface area (Å²) < 4.78 is 32.0. The first-order chi connectivity index (χ1) is 14.9. The highest BCUT2D eigenvalue weighted by molar-refractivity contribution is 7.15. The van der Waals surface area contributed by atoms with Gasteiger partial charge in [-0.2, -0.15) is 0 Å². The summed E-state index contributed by atoms with van der Waals surface area (Å²) in [5.74, 6) is -2.34. The van der Waals surface area contributed by atoms with Crippen LogP contribution in [0.5, 0.6) is 0 Å². The smallest absolute Gasteiger partial charge is 0.248 e. The summed E-state index contributed by atoms with van der Waals surface area (Å²) in [6.45, 7) is 5.79. The third-order valence-corrected chi connectivity index (χ3v) is 5.68. The second-order valence-electron chi connectivity index (χ2n) is 7.37. The summed E-state index contributed by atoms with van der Waals surface area (Å²) in [6.07, 6.45) is 2.62. The molecule has 0 bridgehead atoms. The number of halogens is 2. The first-order valence-corrected chi connectivity index (χ1v) is 11.0. The van der Waals surface area contributed by atoms with Crippen molar-refractivity contribution in [2.75, 3.05) is 31.6 Å². The molecule has 10 heteroatoms. The molecule has 2 amide bonds. The van der Waals surface area contributed by atoms with Gasteiger partial charge in [0.25, 0.3) is 0 Å². The van der Waals surface area contributed by atoms with E-state index in [-0.39, 0.29) is 17.9 Å². The summed E-state index contributed by atoms with van der Waals surface area (Å²) in [5.41, 5.74) is 0.207. The van der Waals surface area contributed by atoms with Gasteiger partial charge in [-0.05, 0) is 24.1 Å². The highest BCUT2D eigenvalue weighted by Crippen LogP contribution is 2.20. The number of hydrogen-bond donors (Lipinski definition) is 2. The molecule has 3 rings (SSSR count). The zero-order chi connectivity index (χ0) is 22.2. The minimum Gasteiger partial charge on any atom is -0.379 e. The molecule has 0 radical (unpaired) electrons. The van der Waals surface area contributed by atoms with Crippen molar-refractivity contribution < 1.29 is 23.1 Å². The highest BCUT2D eigenvalue weighted by Gasteiger charge is 2.22. The normalized spacial score (nSPS) is 15.5. The van der Waals surface area contributed by atoms with Crippen LogP contribution in [0.4, 0.5) is 13.9 Å². The van der Waals surface area contributed by atoms with Crippen molar-refractivity contribution in [3.63, 3.8) is 0 Å². The zero-order valence-electron chi connectivity index (χ0n) is 17.3. The second kappa shape index (κ2) is 11.3. The van der Waals surface area contributed by atoms with Crippen LogP contribution < -0.4 is 10.6 Å². The van der Waals surface area contributed by atoms with Gasteiger partial charge in [-0.3, -0.25) is 14.5 Å². The molecule has 168 valence electrons. The Balaban J connectivity index is 1.55. The van der Waals surface area contributed by atoms with Gasteiger partial charge in [0.15, 0.2) is 5.13 Å². The minimum absolute atomic E-state index is 0.207. The van der Waals surface area contributed by atoms with E-state index in [0.717, 1.165) is 42.7 Å². The number of ether oxygens (including phenoxy) is 1. The number of thiazole rings is 1. The number of carbonyl (C=O) groups is 2. The van der Waals surface area contributed by atoms with Gasteiger partial charge >= 0.3 is 0 Å². The number of anilines is 1. The maximum absolute atomic E-state index is 13.3. The van der Waals surface area contributed by atoms with E-state index in [4.69, 9.17) is 4.74 Å². The van der Waals surface area contributed by atoms with Gasteiger partial charge < -0.3 is 15.4 Å². The van der Waals surface area contributed by atoms with Gasteiger partial charge in [-0.1, -0.05) is 13.3 Å². The summed E-state index contributed by atoms with van der Waals surface area (Å²) in [6, 6.07) is 2.19. The largest absolute Gasteiger partial charge is 0.379 e. The molecule has 1 aliphatic rings. The molecule has 2 heterocycles. The quantitative estimate of drug-likeness (QED) is 0.611. The molecule has 2 N–H and O–H groups in total. The van der Waals surface area contributed by atoms with Gasteiger partial charge in [-0.15, -0.1) is 11.3 Å². The molecule has 1 aromatic heterocycles. The van der Waals surface area contributed by atoms with Crippen molar-refractivity contribution in [1.29, 1.82) is 0 Å². The van der Waals surface area contributed by atoms with Crippen LogP contribution in [0.2, 0.25) is 0 Å². The van der Waals surface area contributed by atoms with E-state index in [1.165, 1.54) is 11.3 Å². The summed E-state index contributed by atoms with van der Waals surface area (Å²) in [7, 11) is 0. The Kier molecular flexibility index (Phi) is 8.44. The second-order valence-corrected chi connectivity index (χ2v) is 8.49. The maximum atomic E-state index is 13.3. The zero-order valence-corrected chi connectivity index (χ0v) is 18.1. The summed E-state index contributed by atoms with van der Waals surface area (Å²) in [4.78, 5) is 32.6. The summed E-state index contributed by atoms with van der Waals surface area (Å²) in [5, 5.41) is 5.89. The van der Waals surface area contributed by atoms with Crippen molar-refractivity contribution in [1.82, 2.24) is 15.2 Å². The Hall–Kier alpha value is -2.43. The number of nitrogens with one attached hydrogen (secondary N) is 2. The summed E-state index contributed by atoms with van der Waals surface area (Å²) >= 11 is 1.39. The number of rotatable bonds is 9. The predicted octanol–water partition coefficient (Wildman–Crippen LogP) is 2.72. The van der Waals surface area contributed by atoms with Crippen LogP contribution in [-0.4, -0.2) is 54.0 Å². The van der Waals surface area contributed by atoms with Crippen LogP contribution in [0.25, 0.3) is 0 Å². The van der Waals surface area contributed by atoms with Crippen LogP contribution in [0.1, 0.15) is 30.2 Å². The molecule has 0 unspecified atom stereocenters. The Labute approximate surface area is 183 Å². The van der Waals surface area contributed by atoms with Crippen LogP contribution in [0.3, 0.4) is 0 Å². The minimum atomic E-state index is -0.762. The number of hydrogen-bond acceptors (Lipinski definition) is 6. The lowest BCUT2D eigenvalue weighted by Gasteiger charge is -2.25. The predicted molar refractivity (Wildman–Crippen MR) is 114 cm³/mol. The molecule has 1 aliphatic heterocycles. The van der Waals surface area contributed by atoms with Crippen LogP contribution in [-0.2, 0) is 27.3 Å². The van der Waals surface area contributed by atoms with E-state index >= 15 is 0 Å². The molecule has 31 heavy (non-hydrogen) atoms. The fourth-order valence-electron chi connectivity index (χ4n) is 3.31. The standard InChI is InChI=1S/C21H26F2N4O3S/c1-2-3-18(25-19(28)10-14-8-15(22)11-16(23)9-14)20(29)26-21-24-12-17(31-21)13-27-4-6-30-7-5-27/h8-9,11-12,18H,2-7,10,13H2,1H3,(H,25,28)(H,24,26,29)/t18-/m0/s1. The Morgan fingerprint density at radius 2 is 1.94 bits per heavy atom. The molecule has 7 nitrogen and oxygen atoms in total. The first-order valence-electron chi connectivity index (χ1n) is 10.2. The van der Waals surface area contributed by atoms with Crippen molar-refractivity contribution in [2.24, 2.45) is 0 Å². The number of nitrogens with zero attached hydrogens (tertiary/aromatic N) is 2. The fraction of sp³-hybridized carbons (Fsp3) is 0.476.